The molecule has 5 rings (SSSR count). The van der Waals surface area contributed by atoms with Gasteiger partial charge in [-0.25, -0.2) is 0 Å². The van der Waals surface area contributed by atoms with E-state index in [1.807, 2.05) is 30.5 Å². The first-order valence-corrected chi connectivity index (χ1v) is 11.6. The number of fused-ring (bicyclic) bond motifs is 1. The predicted octanol–water partition coefficient (Wildman–Crippen LogP) is 5.49. The number of methoxy groups -OCH3 is 1. The zero-order chi connectivity index (χ0) is 24.5. The van der Waals surface area contributed by atoms with Gasteiger partial charge < -0.3 is 19.7 Å². The van der Waals surface area contributed by atoms with E-state index in [1.54, 1.807) is 55.6 Å². The summed E-state index contributed by atoms with van der Waals surface area (Å²) in [6.45, 7) is 0.305. The number of likely N-dealkylation sites (tertiary alicyclic amines) is 1. The molecule has 6 nitrogen and oxygen atoms in total. The number of benzene rings is 3. The molecule has 1 saturated heterocycles. The summed E-state index contributed by atoms with van der Waals surface area (Å²) in [4.78, 5) is 31.2. The third-order valence-electron chi connectivity index (χ3n) is 6.39. The number of hydrogen-bond donors (Lipinski definition) is 2. The van der Waals surface area contributed by atoms with Crippen LogP contribution in [0.25, 0.3) is 16.7 Å². The Labute approximate surface area is 207 Å². The van der Waals surface area contributed by atoms with Crippen LogP contribution in [-0.2, 0) is 16.0 Å². The van der Waals surface area contributed by atoms with E-state index in [0.717, 1.165) is 16.5 Å². The van der Waals surface area contributed by atoms with E-state index >= 15 is 0 Å². The minimum absolute atomic E-state index is 0.0569. The topological polar surface area (TPSA) is 82.6 Å². The van der Waals surface area contributed by atoms with Crippen molar-refractivity contribution in [3.05, 3.63) is 106 Å². The van der Waals surface area contributed by atoms with E-state index in [0.29, 0.717) is 34.9 Å². The minimum Gasteiger partial charge on any atom is -0.507 e. The lowest BCUT2D eigenvalue weighted by Crippen LogP contribution is -2.31. The molecule has 1 amide bonds. The van der Waals surface area contributed by atoms with Crippen molar-refractivity contribution in [2.24, 2.45) is 0 Å². The first-order chi connectivity index (χ1) is 17.0. The molecule has 176 valence electrons. The maximum absolute atomic E-state index is 13.2. The highest BCUT2D eigenvalue weighted by Gasteiger charge is 2.45. The summed E-state index contributed by atoms with van der Waals surface area (Å²) in [5, 5.41) is 12.8. The SMILES string of the molecule is COc1ccc(/C(O)=C2\C(=O)C(=O)N(CCc3c[nH]c4ccccc34)C2c2ccc(Cl)cc2)cc1. The number of amides is 1. The molecule has 1 aliphatic rings. The van der Waals surface area contributed by atoms with Crippen molar-refractivity contribution >= 4 is 40.0 Å². The number of nitrogens with zero attached hydrogens (tertiary/aromatic N) is 1. The standard InChI is InChI=1S/C28H23ClN2O4/c1-35-21-12-8-18(9-13-21)26(32)24-25(17-6-10-20(29)11-7-17)31(28(34)27(24)33)15-14-19-16-30-23-5-3-2-4-22(19)23/h2-13,16,25,30,32H,14-15H2,1H3/b26-24+. The zero-order valence-corrected chi connectivity index (χ0v) is 19.8. The fourth-order valence-electron chi connectivity index (χ4n) is 4.59. The Balaban J connectivity index is 1.55. The first kappa shape index (κ1) is 22.7. The Kier molecular flexibility index (Phi) is 6.05. The second-order valence-electron chi connectivity index (χ2n) is 8.38. The normalized spacial score (nSPS) is 17.3. The van der Waals surface area contributed by atoms with Crippen molar-refractivity contribution in [3.8, 4) is 5.75 Å². The van der Waals surface area contributed by atoms with Crippen LogP contribution in [0.1, 0.15) is 22.7 Å². The second kappa shape index (κ2) is 9.31. The van der Waals surface area contributed by atoms with Gasteiger partial charge in [0.05, 0.1) is 18.7 Å². The van der Waals surface area contributed by atoms with E-state index in [1.165, 1.54) is 4.90 Å². The Bertz CT molecular complexity index is 1440. The third-order valence-corrected chi connectivity index (χ3v) is 6.64. The van der Waals surface area contributed by atoms with Gasteiger partial charge in [-0.05, 0) is 60.0 Å². The highest BCUT2D eigenvalue weighted by Crippen LogP contribution is 2.40. The quantitative estimate of drug-likeness (QED) is 0.214. The first-order valence-electron chi connectivity index (χ1n) is 11.2. The molecule has 0 aliphatic carbocycles. The Hall–Kier alpha value is -4.03. The second-order valence-corrected chi connectivity index (χ2v) is 8.82. The van der Waals surface area contributed by atoms with Gasteiger partial charge in [0.2, 0.25) is 0 Å². The number of aliphatic hydroxyl groups excluding tert-OH is 1. The number of carbonyl (C=O) groups excluding carboxylic acids is 2. The van der Waals surface area contributed by atoms with Crippen molar-refractivity contribution in [1.29, 1.82) is 0 Å². The van der Waals surface area contributed by atoms with Gasteiger partial charge in [-0.3, -0.25) is 9.59 Å². The van der Waals surface area contributed by atoms with Crippen molar-refractivity contribution in [2.45, 2.75) is 12.5 Å². The average molecular weight is 487 g/mol. The largest absolute Gasteiger partial charge is 0.507 e. The van der Waals surface area contributed by atoms with Crippen LogP contribution in [0, 0.1) is 0 Å². The molecule has 35 heavy (non-hydrogen) atoms. The summed E-state index contributed by atoms with van der Waals surface area (Å²) in [5.74, 6) is -0.951. The van der Waals surface area contributed by atoms with E-state index in [2.05, 4.69) is 4.98 Å². The summed E-state index contributed by atoms with van der Waals surface area (Å²) < 4.78 is 5.19. The van der Waals surface area contributed by atoms with Crippen LogP contribution < -0.4 is 4.74 Å². The summed E-state index contributed by atoms with van der Waals surface area (Å²) in [5.41, 5.74) is 3.24. The number of H-pyrrole nitrogens is 1. The Morgan fingerprint density at radius 3 is 2.46 bits per heavy atom. The number of Topliss-reactive ketones (excluding diaryl/α,β-unsaturated/α-hetero) is 1. The van der Waals surface area contributed by atoms with E-state index in [-0.39, 0.29) is 11.3 Å². The number of nitrogens with one attached hydrogen (secondary N) is 1. The van der Waals surface area contributed by atoms with Crippen LogP contribution in [0.4, 0.5) is 0 Å². The molecule has 0 bridgehead atoms. The van der Waals surface area contributed by atoms with Crippen LogP contribution in [-0.4, -0.2) is 40.3 Å². The summed E-state index contributed by atoms with van der Waals surface area (Å²) >= 11 is 6.10. The summed E-state index contributed by atoms with van der Waals surface area (Å²) in [7, 11) is 1.55. The third kappa shape index (κ3) is 4.17. The molecule has 0 spiro atoms. The molecule has 1 fully saturated rings. The van der Waals surface area contributed by atoms with Gasteiger partial charge in [0.1, 0.15) is 11.5 Å². The van der Waals surface area contributed by atoms with E-state index < -0.39 is 17.7 Å². The Morgan fingerprint density at radius 1 is 1.03 bits per heavy atom. The molecular formula is C28H23ClN2O4. The molecule has 2 heterocycles. The molecular weight excluding hydrogens is 464 g/mol. The number of aromatic amines is 1. The highest BCUT2D eigenvalue weighted by atomic mass is 35.5. The number of ether oxygens (including phenoxy) is 1. The highest BCUT2D eigenvalue weighted by molar-refractivity contribution is 6.46. The number of hydrogen-bond acceptors (Lipinski definition) is 4. The number of ketones is 1. The summed E-state index contributed by atoms with van der Waals surface area (Å²) in [6, 6.07) is 20.9. The zero-order valence-electron chi connectivity index (χ0n) is 19.0. The van der Waals surface area contributed by atoms with E-state index in [4.69, 9.17) is 16.3 Å². The molecule has 1 aromatic heterocycles. The number of para-hydroxylation sites is 1. The smallest absolute Gasteiger partial charge is 0.295 e. The van der Waals surface area contributed by atoms with Crippen LogP contribution in [0.2, 0.25) is 5.02 Å². The van der Waals surface area contributed by atoms with Crippen molar-refractivity contribution < 1.29 is 19.4 Å². The molecule has 7 heteroatoms. The van der Waals surface area contributed by atoms with Crippen molar-refractivity contribution in [3.63, 3.8) is 0 Å². The minimum atomic E-state index is -0.737. The molecule has 2 N–H and O–H groups in total. The van der Waals surface area contributed by atoms with Gasteiger partial charge in [-0.2, -0.15) is 0 Å². The monoisotopic (exact) mass is 486 g/mol. The van der Waals surface area contributed by atoms with Gasteiger partial charge in [-0.15, -0.1) is 0 Å². The number of halogens is 1. The lowest BCUT2D eigenvalue weighted by Gasteiger charge is -2.25. The van der Waals surface area contributed by atoms with Gasteiger partial charge in [0, 0.05) is 34.2 Å². The van der Waals surface area contributed by atoms with E-state index in [9.17, 15) is 14.7 Å². The molecule has 1 atom stereocenters. The number of aromatic nitrogens is 1. The van der Waals surface area contributed by atoms with Crippen LogP contribution in [0.15, 0.2) is 84.6 Å². The number of carbonyl (C=O) groups is 2. The molecule has 1 unspecified atom stereocenters. The molecule has 0 saturated carbocycles. The van der Waals surface area contributed by atoms with Gasteiger partial charge in [0.25, 0.3) is 11.7 Å². The fraction of sp³-hybridized carbons (Fsp3) is 0.143. The van der Waals surface area contributed by atoms with Crippen LogP contribution in [0.3, 0.4) is 0 Å². The lowest BCUT2D eigenvalue weighted by molar-refractivity contribution is -0.139. The van der Waals surface area contributed by atoms with Gasteiger partial charge in [-0.1, -0.05) is 41.9 Å². The number of aliphatic hydroxyl groups is 1. The fourth-order valence-corrected chi connectivity index (χ4v) is 4.71. The van der Waals surface area contributed by atoms with Crippen LogP contribution in [0.5, 0.6) is 5.75 Å². The molecule has 0 radical (unpaired) electrons. The van der Waals surface area contributed by atoms with Crippen LogP contribution >= 0.6 is 11.6 Å². The maximum Gasteiger partial charge on any atom is 0.295 e. The molecule has 3 aromatic carbocycles. The average Bonchev–Trinajstić information content (AvgIpc) is 3.41. The lowest BCUT2D eigenvalue weighted by atomic mass is 9.95. The van der Waals surface area contributed by atoms with Crippen molar-refractivity contribution in [1.82, 2.24) is 9.88 Å². The molecule has 1 aliphatic heterocycles. The maximum atomic E-state index is 13.2. The Morgan fingerprint density at radius 2 is 1.74 bits per heavy atom. The van der Waals surface area contributed by atoms with Gasteiger partial charge in [0.15, 0.2) is 0 Å². The van der Waals surface area contributed by atoms with Crippen molar-refractivity contribution in [2.75, 3.05) is 13.7 Å². The molecule has 4 aromatic rings. The summed E-state index contributed by atoms with van der Waals surface area (Å²) in [6.07, 6.45) is 2.47. The predicted molar refractivity (Wildman–Crippen MR) is 135 cm³/mol. The van der Waals surface area contributed by atoms with Gasteiger partial charge >= 0.3 is 0 Å². The number of rotatable bonds is 6.